The quantitative estimate of drug-likeness (QED) is 0.799. The summed E-state index contributed by atoms with van der Waals surface area (Å²) in [7, 11) is 1.58. The van der Waals surface area contributed by atoms with E-state index in [-0.39, 0.29) is 36.8 Å². The number of nitrogens with one attached hydrogen (secondary N) is 1. The molecule has 0 aliphatic carbocycles. The summed E-state index contributed by atoms with van der Waals surface area (Å²) in [5.41, 5.74) is 0.894. The van der Waals surface area contributed by atoms with E-state index >= 15 is 0 Å². The number of benzene rings is 1. The van der Waals surface area contributed by atoms with Crippen LogP contribution in [0.3, 0.4) is 0 Å². The van der Waals surface area contributed by atoms with Gasteiger partial charge in [0.05, 0.1) is 19.8 Å². The van der Waals surface area contributed by atoms with Gasteiger partial charge in [0.25, 0.3) is 5.91 Å². The van der Waals surface area contributed by atoms with E-state index in [4.69, 9.17) is 9.47 Å². The second-order valence-corrected chi connectivity index (χ2v) is 5.46. The molecule has 1 unspecified atom stereocenters. The van der Waals surface area contributed by atoms with E-state index in [2.05, 4.69) is 5.32 Å². The van der Waals surface area contributed by atoms with Crippen molar-refractivity contribution in [3.63, 3.8) is 0 Å². The number of nitrogens with zero attached hydrogens (tertiary/aromatic N) is 1. The third-order valence-corrected chi connectivity index (χ3v) is 3.64. The molecular weight excluding hydrogens is 323 g/mol. The molecule has 1 aliphatic rings. The van der Waals surface area contributed by atoms with Crippen molar-refractivity contribution in [2.75, 3.05) is 40.0 Å². The Balaban J connectivity index is 0.00000264. The van der Waals surface area contributed by atoms with Crippen molar-refractivity contribution in [2.45, 2.75) is 19.6 Å². The van der Waals surface area contributed by atoms with Gasteiger partial charge in [0.1, 0.15) is 5.82 Å². The number of carbonyl (C=O) groups is 1. The standard InChI is InChI=1S/C16H23FN2O3.ClH/c1-12-10-19(6-5-18-12)16(20)13-3-4-15(17)14(9-13)11-22-8-7-21-2;/h3-4,9,12,18H,5-8,10-11H2,1-2H3;1H. The van der Waals surface area contributed by atoms with Crippen LogP contribution < -0.4 is 5.32 Å². The maximum Gasteiger partial charge on any atom is 0.253 e. The number of methoxy groups -OCH3 is 1. The van der Waals surface area contributed by atoms with Gasteiger partial charge in [-0.2, -0.15) is 0 Å². The van der Waals surface area contributed by atoms with Gasteiger partial charge in [-0.25, -0.2) is 4.39 Å². The van der Waals surface area contributed by atoms with E-state index in [9.17, 15) is 9.18 Å². The predicted molar refractivity (Wildman–Crippen MR) is 88.5 cm³/mol. The molecule has 2 rings (SSSR count). The molecule has 1 fully saturated rings. The molecule has 130 valence electrons. The summed E-state index contributed by atoms with van der Waals surface area (Å²) in [5.74, 6) is -0.422. The molecule has 1 heterocycles. The van der Waals surface area contributed by atoms with Crippen molar-refractivity contribution < 1.29 is 18.7 Å². The van der Waals surface area contributed by atoms with Crippen LogP contribution in [0.25, 0.3) is 0 Å². The van der Waals surface area contributed by atoms with Gasteiger partial charge in [0.2, 0.25) is 0 Å². The van der Waals surface area contributed by atoms with Crippen molar-refractivity contribution in [3.05, 3.63) is 35.1 Å². The third-order valence-electron chi connectivity index (χ3n) is 3.64. The van der Waals surface area contributed by atoms with E-state index in [1.807, 2.05) is 6.92 Å². The zero-order valence-electron chi connectivity index (χ0n) is 13.5. The minimum atomic E-state index is -0.359. The molecule has 23 heavy (non-hydrogen) atoms. The lowest BCUT2D eigenvalue weighted by Crippen LogP contribution is -2.51. The Hall–Kier alpha value is -1.21. The predicted octanol–water partition coefficient (Wildman–Crippen LogP) is 1.84. The highest BCUT2D eigenvalue weighted by molar-refractivity contribution is 5.94. The van der Waals surface area contributed by atoms with Gasteiger partial charge in [-0.3, -0.25) is 4.79 Å². The molecular formula is C16H24ClFN2O3. The zero-order chi connectivity index (χ0) is 15.9. The first-order valence-corrected chi connectivity index (χ1v) is 7.49. The number of piperazine rings is 1. The molecule has 1 amide bonds. The first kappa shape index (κ1) is 19.8. The van der Waals surface area contributed by atoms with Crippen LogP contribution in [-0.2, 0) is 16.1 Å². The van der Waals surface area contributed by atoms with Crippen molar-refractivity contribution >= 4 is 18.3 Å². The van der Waals surface area contributed by atoms with Crippen molar-refractivity contribution in [1.82, 2.24) is 10.2 Å². The summed E-state index contributed by atoms with van der Waals surface area (Å²) in [5, 5.41) is 3.29. The molecule has 0 radical (unpaired) electrons. The van der Waals surface area contributed by atoms with Crippen LogP contribution in [0.1, 0.15) is 22.8 Å². The largest absolute Gasteiger partial charge is 0.382 e. The maximum absolute atomic E-state index is 13.8. The Kier molecular flexibility index (Phi) is 8.47. The normalized spacial score (nSPS) is 17.7. The van der Waals surface area contributed by atoms with Crippen LogP contribution in [-0.4, -0.2) is 56.8 Å². The van der Waals surface area contributed by atoms with Gasteiger partial charge in [-0.05, 0) is 25.1 Å². The second kappa shape index (κ2) is 9.82. The molecule has 1 aliphatic heterocycles. The first-order chi connectivity index (χ1) is 10.6. The van der Waals surface area contributed by atoms with E-state index in [1.165, 1.54) is 12.1 Å². The topological polar surface area (TPSA) is 50.8 Å². The third kappa shape index (κ3) is 5.73. The lowest BCUT2D eigenvalue weighted by Gasteiger charge is -2.32. The molecule has 1 N–H and O–H groups in total. The highest BCUT2D eigenvalue weighted by atomic mass is 35.5. The molecule has 0 aromatic heterocycles. The lowest BCUT2D eigenvalue weighted by atomic mass is 10.1. The van der Waals surface area contributed by atoms with Crippen molar-refractivity contribution in [2.24, 2.45) is 0 Å². The smallest absolute Gasteiger partial charge is 0.253 e. The second-order valence-electron chi connectivity index (χ2n) is 5.46. The molecule has 0 spiro atoms. The minimum Gasteiger partial charge on any atom is -0.382 e. The number of rotatable bonds is 6. The Morgan fingerprint density at radius 3 is 2.91 bits per heavy atom. The molecule has 1 atom stereocenters. The van der Waals surface area contributed by atoms with Crippen LogP contribution in [0.4, 0.5) is 4.39 Å². The molecule has 1 aromatic rings. The molecule has 0 bridgehead atoms. The van der Waals surface area contributed by atoms with Gasteiger partial charge in [0, 0.05) is 43.9 Å². The Bertz CT molecular complexity index is 516. The fraction of sp³-hybridized carbons (Fsp3) is 0.562. The van der Waals surface area contributed by atoms with Crippen molar-refractivity contribution in [3.8, 4) is 0 Å². The Morgan fingerprint density at radius 2 is 2.22 bits per heavy atom. The molecule has 0 saturated carbocycles. The summed E-state index contributed by atoms with van der Waals surface area (Å²) in [6.45, 7) is 5.13. The monoisotopic (exact) mass is 346 g/mol. The molecule has 7 heteroatoms. The fourth-order valence-electron chi connectivity index (χ4n) is 2.44. The summed E-state index contributed by atoms with van der Waals surface area (Å²) in [6, 6.07) is 4.71. The van der Waals surface area contributed by atoms with Crippen LogP contribution in [0.5, 0.6) is 0 Å². The van der Waals surface area contributed by atoms with E-state index in [0.717, 1.165) is 6.54 Å². The van der Waals surface area contributed by atoms with Gasteiger partial charge < -0.3 is 19.7 Å². The molecule has 1 saturated heterocycles. The van der Waals surface area contributed by atoms with Crippen LogP contribution in [0.15, 0.2) is 18.2 Å². The van der Waals surface area contributed by atoms with Gasteiger partial charge >= 0.3 is 0 Å². The van der Waals surface area contributed by atoms with Crippen LogP contribution in [0.2, 0.25) is 0 Å². The fourth-order valence-corrected chi connectivity index (χ4v) is 2.44. The minimum absolute atomic E-state index is 0. The number of hydrogen-bond donors (Lipinski definition) is 1. The summed E-state index contributed by atoms with van der Waals surface area (Å²) >= 11 is 0. The average molecular weight is 347 g/mol. The van der Waals surface area contributed by atoms with Gasteiger partial charge in [-0.15, -0.1) is 12.4 Å². The summed E-state index contributed by atoms with van der Waals surface area (Å²) < 4.78 is 24.0. The van der Waals surface area contributed by atoms with Crippen molar-refractivity contribution in [1.29, 1.82) is 0 Å². The number of hydrogen-bond acceptors (Lipinski definition) is 4. The van der Waals surface area contributed by atoms with E-state index < -0.39 is 0 Å². The van der Waals surface area contributed by atoms with E-state index in [0.29, 0.717) is 37.4 Å². The van der Waals surface area contributed by atoms with Crippen LogP contribution >= 0.6 is 12.4 Å². The number of halogens is 2. The summed E-state index contributed by atoms with van der Waals surface area (Å²) in [4.78, 5) is 14.3. The van der Waals surface area contributed by atoms with Crippen LogP contribution in [0, 0.1) is 5.82 Å². The molecule has 1 aromatic carbocycles. The number of carbonyl (C=O) groups excluding carboxylic acids is 1. The zero-order valence-corrected chi connectivity index (χ0v) is 14.3. The number of ether oxygens (including phenoxy) is 2. The lowest BCUT2D eigenvalue weighted by molar-refractivity contribution is 0.0602. The SMILES string of the molecule is COCCOCc1cc(C(=O)N2CCNC(C)C2)ccc1F.Cl. The summed E-state index contributed by atoms with van der Waals surface area (Å²) in [6.07, 6.45) is 0. The van der Waals surface area contributed by atoms with Gasteiger partial charge in [0.15, 0.2) is 0 Å². The highest BCUT2D eigenvalue weighted by Gasteiger charge is 2.22. The molecule has 5 nitrogen and oxygen atoms in total. The highest BCUT2D eigenvalue weighted by Crippen LogP contribution is 2.15. The Labute approximate surface area is 142 Å². The van der Waals surface area contributed by atoms with E-state index in [1.54, 1.807) is 18.1 Å². The average Bonchev–Trinajstić information content (AvgIpc) is 2.52. The number of amides is 1. The first-order valence-electron chi connectivity index (χ1n) is 7.49. The Morgan fingerprint density at radius 1 is 1.43 bits per heavy atom. The van der Waals surface area contributed by atoms with Gasteiger partial charge in [-0.1, -0.05) is 0 Å². The maximum atomic E-state index is 13.8.